The van der Waals surface area contributed by atoms with Crippen molar-refractivity contribution in [1.82, 2.24) is 5.32 Å². The van der Waals surface area contributed by atoms with E-state index in [9.17, 15) is 4.79 Å². The monoisotopic (exact) mass is 354 g/mol. The van der Waals surface area contributed by atoms with Gasteiger partial charge in [0, 0.05) is 6.04 Å². The summed E-state index contributed by atoms with van der Waals surface area (Å²) >= 11 is 11.6. The number of hydrogen-bond donors (Lipinski definition) is 2. The highest BCUT2D eigenvalue weighted by atomic mass is 35.5. The number of halogens is 1. The van der Waals surface area contributed by atoms with E-state index in [-0.39, 0.29) is 0 Å². The van der Waals surface area contributed by atoms with E-state index in [4.69, 9.17) is 28.6 Å². The van der Waals surface area contributed by atoms with Crippen molar-refractivity contribution in [3.05, 3.63) is 28.8 Å². The summed E-state index contributed by atoms with van der Waals surface area (Å²) in [4.78, 5) is 11.6. The van der Waals surface area contributed by atoms with Crippen molar-refractivity contribution >= 4 is 40.6 Å². The van der Waals surface area contributed by atoms with Crippen molar-refractivity contribution in [2.45, 2.75) is 51.0 Å². The Hall–Kier alpha value is -1.33. The second-order valence-electron chi connectivity index (χ2n) is 5.83. The van der Waals surface area contributed by atoms with Crippen molar-refractivity contribution < 1.29 is 9.53 Å². The van der Waals surface area contributed by atoms with Crippen LogP contribution in [0.15, 0.2) is 18.2 Å². The van der Waals surface area contributed by atoms with Gasteiger partial charge in [-0.15, -0.1) is 0 Å². The highest BCUT2D eigenvalue weighted by Gasteiger charge is 2.14. The Morgan fingerprint density at radius 2 is 1.87 bits per heavy atom. The lowest BCUT2D eigenvalue weighted by Crippen LogP contribution is -2.38. The van der Waals surface area contributed by atoms with Crippen molar-refractivity contribution in [3.8, 4) is 0 Å². The third-order valence-electron chi connectivity index (χ3n) is 4.08. The van der Waals surface area contributed by atoms with Crippen LogP contribution in [0.5, 0.6) is 0 Å². The molecule has 0 aliphatic heterocycles. The van der Waals surface area contributed by atoms with Crippen LogP contribution < -0.4 is 10.6 Å². The molecule has 1 aromatic rings. The van der Waals surface area contributed by atoms with E-state index in [1.807, 2.05) is 0 Å². The quantitative estimate of drug-likeness (QED) is 0.617. The Labute approximate surface area is 147 Å². The van der Waals surface area contributed by atoms with Crippen LogP contribution in [0.4, 0.5) is 5.69 Å². The number of ether oxygens (including phenoxy) is 1. The highest BCUT2D eigenvalue weighted by Crippen LogP contribution is 2.24. The summed E-state index contributed by atoms with van der Waals surface area (Å²) in [5.41, 5.74) is 1.05. The van der Waals surface area contributed by atoms with E-state index in [1.54, 1.807) is 18.2 Å². The van der Waals surface area contributed by atoms with E-state index < -0.39 is 5.97 Å². The van der Waals surface area contributed by atoms with Crippen LogP contribution in [0.3, 0.4) is 0 Å². The molecule has 0 spiro atoms. The maximum atomic E-state index is 11.6. The van der Waals surface area contributed by atoms with Crippen LogP contribution in [0.25, 0.3) is 0 Å². The van der Waals surface area contributed by atoms with E-state index >= 15 is 0 Å². The van der Waals surface area contributed by atoms with Gasteiger partial charge in [-0.25, -0.2) is 4.79 Å². The molecule has 1 aliphatic rings. The molecule has 126 valence electrons. The zero-order chi connectivity index (χ0) is 16.7. The molecule has 0 amide bonds. The molecule has 0 aromatic heterocycles. The Morgan fingerprint density at radius 3 is 2.52 bits per heavy atom. The number of hydrogen-bond acceptors (Lipinski definition) is 3. The zero-order valence-electron chi connectivity index (χ0n) is 13.4. The fourth-order valence-corrected chi connectivity index (χ4v) is 3.25. The SMILES string of the molecule is COC(=O)c1ccc(Cl)c(NC(=S)NC2CCCCCCC2)c1. The summed E-state index contributed by atoms with van der Waals surface area (Å²) in [6.07, 6.45) is 8.68. The van der Waals surface area contributed by atoms with E-state index in [1.165, 1.54) is 39.2 Å². The highest BCUT2D eigenvalue weighted by molar-refractivity contribution is 7.80. The molecule has 0 atom stereocenters. The standard InChI is InChI=1S/C17H23ClN2O2S/c1-22-16(21)12-9-10-14(18)15(11-12)20-17(23)19-13-7-5-3-2-4-6-8-13/h9-11,13H,2-8H2,1H3,(H2,19,20,23). The maximum Gasteiger partial charge on any atom is 0.337 e. The van der Waals surface area contributed by atoms with Gasteiger partial charge in [-0.1, -0.05) is 43.7 Å². The molecule has 4 nitrogen and oxygen atoms in total. The topological polar surface area (TPSA) is 50.4 Å². The summed E-state index contributed by atoms with van der Waals surface area (Å²) in [7, 11) is 1.35. The smallest absolute Gasteiger partial charge is 0.337 e. The first-order valence-corrected chi connectivity index (χ1v) is 8.84. The Kier molecular flexibility index (Phi) is 7.12. The average molecular weight is 355 g/mol. The van der Waals surface area contributed by atoms with Gasteiger partial charge in [0.1, 0.15) is 0 Å². The molecule has 0 saturated heterocycles. The number of rotatable bonds is 3. The zero-order valence-corrected chi connectivity index (χ0v) is 14.9. The number of carbonyl (C=O) groups excluding carboxylic acids is 1. The van der Waals surface area contributed by atoms with Gasteiger partial charge in [-0.05, 0) is 43.3 Å². The van der Waals surface area contributed by atoms with Crippen molar-refractivity contribution in [2.75, 3.05) is 12.4 Å². The van der Waals surface area contributed by atoms with Crippen LogP contribution in [0.1, 0.15) is 55.3 Å². The van der Waals surface area contributed by atoms with Crippen molar-refractivity contribution in [1.29, 1.82) is 0 Å². The number of benzene rings is 1. The van der Waals surface area contributed by atoms with Gasteiger partial charge in [0.25, 0.3) is 0 Å². The first-order valence-electron chi connectivity index (χ1n) is 8.05. The predicted molar refractivity (Wildman–Crippen MR) is 98.3 cm³/mol. The van der Waals surface area contributed by atoms with Crippen LogP contribution in [0, 0.1) is 0 Å². The molecule has 0 bridgehead atoms. The van der Waals surface area contributed by atoms with Gasteiger partial charge in [0.2, 0.25) is 0 Å². The molecule has 0 unspecified atom stereocenters. The largest absolute Gasteiger partial charge is 0.465 e. The Bertz CT molecular complexity index is 558. The molecule has 0 radical (unpaired) electrons. The average Bonchev–Trinajstić information content (AvgIpc) is 2.51. The first-order chi connectivity index (χ1) is 11.1. The molecule has 1 aromatic carbocycles. The first kappa shape index (κ1) is 18.0. The number of carbonyl (C=O) groups is 1. The second kappa shape index (κ2) is 9.08. The normalized spacial score (nSPS) is 16.1. The summed E-state index contributed by atoms with van der Waals surface area (Å²) in [5.74, 6) is -0.399. The Morgan fingerprint density at radius 1 is 1.22 bits per heavy atom. The lowest BCUT2D eigenvalue weighted by molar-refractivity contribution is 0.0601. The molecular weight excluding hydrogens is 332 g/mol. The van der Waals surface area contributed by atoms with Gasteiger partial charge in [-0.3, -0.25) is 0 Å². The summed E-state index contributed by atoms with van der Waals surface area (Å²) < 4.78 is 4.73. The predicted octanol–water partition coefficient (Wildman–Crippen LogP) is 4.53. The van der Waals surface area contributed by atoms with E-state index in [0.29, 0.717) is 27.4 Å². The molecule has 1 saturated carbocycles. The van der Waals surface area contributed by atoms with Crippen LogP contribution in [-0.4, -0.2) is 24.2 Å². The second-order valence-corrected chi connectivity index (χ2v) is 6.64. The molecular formula is C17H23ClN2O2S. The summed E-state index contributed by atoms with van der Waals surface area (Å²) in [6, 6.07) is 5.34. The Balaban J connectivity index is 1.97. The van der Waals surface area contributed by atoms with Gasteiger partial charge >= 0.3 is 5.97 Å². The number of methoxy groups -OCH3 is 1. The van der Waals surface area contributed by atoms with Crippen LogP contribution >= 0.6 is 23.8 Å². The van der Waals surface area contributed by atoms with E-state index in [2.05, 4.69) is 10.6 Å². The number of esters is 1. The van der Waals surface area contributed by atoms with Crippen molar-refractivity contribution in [3.63, 3.8) is 0 Å². The molecule has 0 heterocycles. The lowest BCUT2D eigenvalue weighted by atomic mass is 9.97. The maximum absolute atomic E-state index is 11.6. The van der Waals surface area contributed by atoms with Crippen LogP contribution in [-0.2, 0) is 4.74 Å². The fraction of sp³-hybridized carbons (Fsp3) is 0.529. The van der Waals surface area contributed by atoms with Crippen molar-refractivity contribution in [2.24, 2.45) is 0 Å². The molecule has 23 heavy (non-hydrogen) atoms. The van der Waals surface area contributed by atoms with Gasteiger partial charge in [0.15, 0.2) is 5.11 Å². The van der Waals surface area contributed by atoms with E-state index in [0.717, 1.165) is 12.8 Å². The molecule has 2 rings (SSSR count). The molecule has 1 fully saturated rings. The third-order valence-corrected chi connectivity index (χ3v) is 4.63. The van der Waals surface area contributed by atoms with Gasteiger partial charge in [-0.2, -0.15) is 0 Å². The number of thiocarbonyl (C=S) groups is 1. The number of anilines is 1. The minimum absolute atomic E-state index is 0.399. The molecule has 6 heteroatoms. The summed E-state index contributed by atoms with van der Waals surface area (Å²) in [5, 5.41) is 7.52. The minimum atomic E-state index is -0.399. The van der Waals surface area contributed by atoms with Gasteiger partial charge < -0.3 is 15.4 Å². The third kappa shape index (κ3) is 5.66. The summed E-state index contributed by atoms with van der Waals surface area (Å²) in [6.45, 7) is 0. The minimum Gasteiger partial charge on any atom is -0.465 e. The molecule has 2 N–H and O–H groups in total. The molecule has 1 aliphatic carbocycles. The lowest BCUT2D eigenvalue weighted by Gasteiger charge is -2.23. The number of nitrogens with one attached hydrogen (secondary N) is 2. The van der Waals surface area contributed by atoms with Crippen LogP contribution in [0.2, 0.25) is 5.02 Å². The van der Waals surface area contributed by atoms with Gasteiger partial charge in [0.05, 0.1) is 23.4 Å². The fourth-order valence-electron chi connectivity index (χ4n) is 2.81.